The van der Waals surface area contributed by atoms with Gasteiger partial charge in [0.15, 0.2) is 0 Å². The monoisotopic (exact) mass is 304 g/mol. The lowest BCUT2D eigenvalue weighted by molar-refractivity contribution is 0.164. The maximum Gasteiger partial charge on any atom is 0.118 e. The highest BCUT2D eigenvalue weighted by Gasteiger charge is 2.18. The van der Waals surface area contributed by atoms with Crippen LogP contribution in [-0.2, 0) is 6.42 Å². The molecule has 1 aliphatic rings. The van der Waals surface area contributed by atoms with Gasteiger partial charge in [0.1, 0.15) is 5.75 Å². The van der Waals surface area contributed by atoms with Gasteiger partial charge in [-0.1, -0.05) is 38.3 Å². The van der Waals surface area contributed by atoms with E-state index in [2.05, 4.69) is 29.3 Å². The van der Waals surface area contributed by atoms with E-state index in [4.69, 9.17) is 4.74 Å². The van der Waals surface area contributed by atoms with E-state index in [-0.39, 0.29) is 0 Å². The molecular weight excluding hydrogens is 272 g/mol. The van der Waals surface area contributed by atoms with Crippen molar-refractivity contribution in [1.29, 1.82) is 0 Å². The Bertz CT molecular complexity index is 398. The lowest BCUT2D eigenvalue weighted by Crippen LogP contribution is -2.41. The molecule has 0 bridgehead atoms. The van der Waals surface area contributed by atoms with E-state index in [9.17, 15) is 0 Å². The fourth-order valence-electron chi connectivity index (χ4n) is 3.42. The Morgan fingerprint density at radius 2 is 1.82 bits per heavy atom. The van der Waals surface area contributed by atoms with Crippen LogP contribution in [0.4, 0.5) is 0 Å². The summed E-state index contributed by atoms with van der Waals surface area (Å²) in [6.45, 7) is 6.82. The molecule has 0 aromatic heterocycles. The fourth-order valence-corrected chi connectivity index (χ4v) is 3.42. The maximum absolute atomic E-state index is 5.19. The first-order valence-electron chi connectivity index (χ1n) is 8.91. The van der Waals surface area contributed by atoms with Gasteiger partial charge in [0.05, 0.1) is 7.11 Å². The van der Waals surface area contributed by atoms with Crippen LogP contribution in [0.5, 0.6) is 5.75 Å². The van der Waals surface area contributed by atoms with Gasteiger partial charge in [-0.3, -0.25) is 4.90 Å². The van der Waals surface area contributed by atoms with Gasteiger partial charge in [0, 0.05) is 19.1 Å². The molecule has 1 N–H and O–H groups in total. The molecular formula is C19H32N2O. The number of nitrogens with zero attached hydrogens (tertiary/aromatic N) is 1. The molecule has 22 heavy (non-hydrogen) atoms. The molecule has 2 rings (SSSR count). The largest absolute Gasteiger partial charge is 0.497 e. The van der Waals surface area contributed by atoms with Crippen LogP contribution in [0.3, 0.4) is 0 Å². The normalized spacial score (nSPS) is 16.1. The minimum Gasteiger partial charge on any atom is -0.497 e. The number of rotatable bonds is 9. The quantitative estimate of drug-likeness (QED) is 0.707. The summed E-state index contributed by atoms with van der Waals surface area (Å²) in [6, 6.07) is 9.22. The van der Waals surface area contributed by atoms with Crippen LogP contribution < -0.4 is 10.1 Å². The summed E-state index contributed by atoms with van der Waals surface area (Å²) in [5, 5.41) is 3.59. The van der Waals surface area contributed by atoms with Gasteiger partial charge >= 0.3 is 0 Å². The second kappa shape index (κ2) is 9.86. The Morgan fingerprint density at radius 3 is 2.45 bits per heavy atom. The van der Waals surface area contributed by atoms with Crippen molar-refractivity contribution in [1.82, 2.24) is 10.2 Å². The van der Waals surface area contributed by atoms with Crippen LogP contribution in [0.25, 0.3) is 0 Å². The van der Waals surface area contributed by atoms with Gasteiger partial charge in [-0.05, 0) is 50.0 Å². The zero-order valence-corrected chi connectivity index (χ0v) is 14.3. The Labute approximate surface area is 136 Å². The molecule has 1 aromatic carbocycles. The van der Waals surface area contributed by atoms with E-state index in [0.717, 1.165) is 31.3 Å². The molecule has 0 heterocycles. The Kier molecular flexibility index (Phi) is 7.75. The van der Waals surface area contributed by atoms with Gasteiger partial charge < -0.3 is 10.1 Å². The summed E-state index contributed by atoms with van der Waals surface area (Å²) in [5.41, 5.74) is 1.37. The van der Waals surface area contributed by atoms with Crippen molar-refractivity contribution in [3.63, 3.8) is 0 Å². The third-order valence-electron chi connectivity index (χ3n) is 4.82. The van der Waals surface area contributed by atoms with Gasteiger partial charge in [0.2, 0.25) is 0 Å². The maximum atomic E-state index is 5.19. The van der Waals surface area contributed by atoms with Crippen molar-refractivity contribution >= 4 is 0 Å². The van der Waals surface area contributed by atoms with Crippen molar-refractivity contribution < 1.29 is 4.74 Å². The van der Waals surface area contributed by atoms with Crippen LogP contribution >= 0.6 is 0 Å². The van der Waals surface area contributed by atoms with E-state index in [1.54, 1.807) is 7.11 Å². The van der Waals surface area contributed by atoms with E-state index < -0.39 is 0 Å². The molecule has 0 radical (unpaired) electrons. The highest BCUT2D eigenvalue weighted by Crippen LogP contribution is 2.22. The Balaban J connectivity index is 1.61. The third-order valence-corrected chi connectivity index (χ3v) is 4.82. The summed E-state index contributed by atoms with van der Waals surface area (Å²) < 4.78 is 5.19. The molecule has 0 amide bonds. The van der Waals surface area contributed by atoms with E-state index in [1.807, 2.05) is 12.1 Å². The molecule has 3 heteroatoms. The predicted molar refractivity (Wildman–Crippen MR) is 93.7 cm³/mol. The van der Waals surface area contributed by atoms with Crippen LogP contribution in [0.1, 0.15) is 44.6 Å². The molecule has 3 nitrogen and oxygen atoms in total. The van der Waals surface area contributed by atoms with Crippen LogP contribution in [0, 0.1) is 0 Å². The number of ether oxygens (including phenoxy) is 1. The van der Waals surface area contributed by atoms with Crippen molar-refractivity contribution in [2.24, 2.45) is 0 Å². The molecule has 0 saturated heterocycles. The number of methoxy groups -OCH3 is 1. The summed E-state index contributed by atoms with van der Waals surface area (Å²) in [7, 11) is 1.71. The molecule has 1 fully saturated rings. The third kappa shape index (κ3) is 5.62. The Hall–Kier alpha value is -1.06. The molecule has 0 atom stereocenters. The minimum absolute atomic E-state index is 0.835. The predicted octanol–water partition coefficient (Wildman–Crippen LogP) is 3.48. The van der Waals surface area contributed by atoms with E-state index in [1.165, 1.54) is 50.8 Å². The van der Waals surface area contributed by atoms with Crippen LogP contribution in [-0.4, -0.2) is 44.2 Å². The first kappa shape index (κ1) is 17.3. The van der Waals surface area contributed by atoms with Crippen molar-refractivity contribution in [2.45, 2.75) is 51.5 Å². The fraction of sp³-hybridized carbons (Fsp3) is 0.684. The summed E-state index contributed by atoms with van der Waals surface area (Å²) >= 11 is 0. The van der Waals surface area contributed by atoms with Crippen molar-refractivity contribution in [3.05, 3.63) is 29.8 Å². The van der Waals surface area contributed by atoms with Gasteiger partial charge in [-0.15, -0.1) is 0 Å². The second-order valence-electron chi connectivity index (χ2n) is 6.27. The molecule has 0 unspecified atom stereocenters. The van der Waals surface area contributed by atoms with Gasteiger partial charge in [-0.25, -0.2) is 0 Å². The van der Waals surface area contributed by atoms with Crippen molar-refractivity contribution in [3.8, 4) is 5.75 Å². The van der Waals surface area contributed by atoms with E-state index in [0.29, 0.717) is 0 Å². The minimum atomic E-state index is 0.835. The lowest BCUT2D eigenvalue weighted by atomic mass is 9.94. The molecule has 0 spiro atoms. The van der Waals surface area contributed by atoms with Crippen LogP contribution in [0.15, 0.2) is 24.3 Å². The molecule has 1 aliphatic carbocycles. The average Bonchev–Trinajstić information content (AvgIpc) is 2.59. The topological polar surface area (TPSA) is 24.5 Å². The summed E-state index contributed by atoms with van der Waals surface area (Å²) in [5.74, 6) is 0.933. The SMILES string of the molecule is CCN(CCNCCc1ccc(OC)cc1)C1CCCCC1. The standard InChI is InChI=1S/C19H32N2O/c1-3-21(18-7-5-4-6-8-18)16-15-20-14-13-17-9-11-19(22-2)12-10-17/h9-12,18,20H,3-8,13-16H2,1-2H3. The number of nitrogens with one attached hydrogen (secondary N) is 1. The zero-order valence-electron chi connectivity index (χ0n) is 14.3. The highest BCUT2D eigenvalue weighted by molar-refractivity contribution is 5.27. The van der Waals surface area contributed by atoms with Crippen LogP contribution in [0.2, 0.25) is 0 Å². The zero-order chi connectivity index (χ0) is 15.6. The van der Waals surface area contributed by atoms with Gasteiger partial charge in [0.25, 0.3) is 0 Å². The first-order chi connectivity index (χ1) is 10.8. The summed E-state index contributed by atoms with van der Waals surface area (Å²) in [4.78, 5) is 2.67. The average molecular weight is 304 g/mol. The first-order valence-corrected chi connectivity index (χ1v) is 8.91. The highest BCUT2D eigenvalue weighted by atomic mass is 16.5. The molecule has 1 saturated carbocycles. The number of hydrogen-bond donors (Lipinski definition) is 1. The number of likely N-dealkylation sites (N-methyl/N-ethyl adjacent to an activating group) is 1. The number of hydrogen-bond acceptors (Lipinski definition) is 3. The van der Waals surface area contributed by atoms with Gasteiger partial charge in [-0.2, -0.15) is 0 Å². The lowest BCUT2D eigenvalue weighted by Gasteiger charge is -2.33. The van der Waals surface area contributed by atoms with E-state index >= 15 is 0 Å². The molecule has 1 aromatic rings. The van der Waals surface area contributed by atoms with Crippen molar-refractivity contribution in [2.75, 3.05) is 33.3 Å². The smallest absolute Gasteiger partial charge is 0.118 e. The Morgan fingerprint density at radius 1 is 1.09 bits per heavy atom. The summed E-state index contributed by atoms with van der Waals surface area (Å²) in [6.07, 6.45) is 8.17. The number of benzene rings is 1. The molecule has 0 aliphatic heterocycles. The second-order valence-corrected chi connectivity index (χ2v) is 6.27. The molecule has 124 valence electrons.